The van der Waals surface area contributed by atoms with Gasteiger partial charge in [0.15, 0.2) is 0 Å². The van der Waals surface area contributed by atoms with Crippen LogP contribution in [0.2, 0.25) is 0 Å². The zero-order valence-corrected chi connectivity index (χ0v) is 4.79. The van der Waals surface area contributed by atoms with E-state index in [0.29, 0.717) is 0 Å². The average Bonchev–Trinajstić information content (AvgIpc) is 2.39. The lowest BCUT2D eigenvalue weighted by Gasteiger charge is -1.83. The Labute approximate surface area is 55.4 Å². The fraction of sp³-hybridized carbons (Fsp3) is 0. The topological polar surface area (TPSA) is 56.5 Å². The molecule has 0 fully saturated rings. The molecular weight excluding hydrogens is 136 g/mol. The third-order valence-corrected chi connectivity index (χ3v) is 1.29. The maximum Gasteiger partial charge on any atom is 0.350 e. The number of cyclic esters (lactones) is 2. The van der Waals surface area contributed by atoms with E-state index in [-0.39, 0.29) is 11.1 Å². The summed E-state index contributed by atoms with van der Waals surface area (Å²) in [6.07, 6.45) is 2.39. The van der Waals surface area contributed by atoms with E-state index >= 15 is 0 Å². The summed E-state index contributed by atoms with van der Waals surface area (Å²) in [6.45, 7) is 0. The van der Waals surface area contributed by atoms with E-state index in [2.05, 4.69) is 9.15 Å². The van der Waals surface area contributed by atoms with Crippen molar-refractivity contribution in [1.82, 2.24) is 0 Å². The van der Waals surface area contributed by atoms with Crippen LogP contribution in [-0.4, -0.2) is 11.9 Å². The van der Waals surface area contributed by atoms with Crippen molar-refractivity contribution in [2.45, 2.75) is 0 Å². The number of carbonyl (C=O) groups is 2. The number of hydrogen-bond donors (Lipinski definition) is 0. The fourth-order valence-corrected chi connectivity index (χ4v) is 0.807. The van der Waals surface area contributed by atoms with Crippen LogP contribution >= 0.6 is 0 Å². The molecule has 10 heavy (non-hydrogen) atoms. The van der Waals surface area contributed by atoms with Gasteiger partial charge in [-0.3, -0.25) is 0 Å². The highest BCUT2D eigenvalue weighted by molar-refractivity contribution is 6.14. The van der Waals surface area contributed by atoms with Gasteiger partial charge in [0.1, 0.15) is 23.7 Å². The highest BCUT2D eigenvalue weighted by atomic mass is 16.6. The van der Waals surface area contributed by atoms with Crippen LogP contribution in [-0.2, 0) is 4.74 Å². The summed E-state index contributed by atoms with van der Waals surface area (Å²) in [5.74, 6) is -1.26. The first-order chi connectivity index (χ1) is 4.79. The van der Waals surface area contributed by atoms with E-state index in [1.54, 1.807) is 0 Å². The minimum Gasteiger partial charge on any atom is -0.471 e. The van der Waals surface area contributed by atoms with E-state index in [0.717, 1.165) is 0 Å². The van der Waals surface area contributed by atoms with Crippen molar-refractivity contribution in [3.63, 3.8) is 0 Å². The quantitative estimate of drug-likeness (QED) is 0.389. The molecule has 0 aliphatic carbocycles. The van der Waals surface area contributed by atoms with Gasteiger partial charge in [0, 0.05) is 0 Å². The average molecular weight is 138 g/mol. The highest BCUT2D eigenvalue weighted by Gasteiger charge is 2.31. The van der Waals surface area contributed by atoms with Crippen LogP contribution < -0.4 is 0 Å². The molecule has 0 bridgehead atoms. The molecule has 0 radical (unpaired) electrons. The number of esters is 2. The van der Waals surface area contributed by atoms with Crippen molar-refractivity contribution in [2.24, 2.45) is 0 Å². The minimum atomic E-state index is -0.631. The van der Waals surface area contributed by atoms with Crippen molar-refractivity contribution in [1.29, 1.82) is 0 Å². The van der Waals surface area contributed by atoms with E-state index in [4.69, 9.17) is 0 Å². The molecule has 0 spiro atoms. The van der Waals surface area contributed by atoms with E-state index in [9.17, 15) is 9.59 Å². The lowest BCUT2D eigenvalue weighted by molar-refractivity contribution is 0.0440. The predicted molar refractivity (Wildman–Crippen MR) is 28.5 cm³/mol. The van der Waals surface area contributed by atoms with Crippen LogP contribution in [0, 0.1) is 0 Å². The molecule has 1 aromatic heterocycles. The van der Waals surface area contributed by atoms with Gasteiger partial charge in [-0.1, -0.05) is 0 Å². The van der Waals surface area contributed by atoms with Gasteiger partial charge >= 0.3 is 11.9 Å². The molecule has 0 aromatic carbocycles. The van der Waals surface area contributed by atoms with Gasteiger partial charge in [0.25, 0.3) is 0 Å². The maximum atomic E-state index is 10.6. The van der Waals surface area contributed by atoms with Crippen LogP contribution in [0.25, 0.3) is 0 Å². The Bertz CT molecular complexity index is 281. The second-order valence-electron chi connectivity index (χ2n) is 1.88. The molecule has 2 heterocycles. The Hall–Kier alpha value is -1.58. The van der Waals surface area contributed by atoms with E-state index in [1.165, 1.54) is 12.5 Å². The monoisotopic (exact) mass is 138 g/mol. The van der Waals surface area contributed by atoms with Crippen molar-refractivity contribution in [3.05, 3.63) is 23.7 Å². The first-order valence-corrected chi connectivity index (χ1v) is 2.62. The van der Waals surface area contributed by atoms with Crippen molar-refractivity contribution < 1.29 is 18.7 Å². The van der Waals surface area contributed by atoms with Crippen LogP contribution in [0.3, 0.4) is 0 Å². The van der Waals surface area contributed by atoms with Crippen LogP contribution in [0.4, 0.5) is 0 Å². The second-order valence-corrected chi connectivity index (χ2v) is 1.88. The number of rotatable bonds is 0. The summed E-state index contributed by atoms with van der Waals surface area (Å²) in [4.78, 5) is 21.3. The molecule has 0 amide bonds. The highest BCUT2D eigenvalue weighted by Crippen LogP contribution is 2.19. The Morgan fingerprint density at radius 3 is 2.00 bits per heavy atom. The second kappa shape index (κ2) is 1.47. The molecule has 0 atom stereocenters. The third kappa shape index (κ3) is 0.452. The number of ether oxygens (including phenoxy) is 1. The largest absolute Gasteiger partial charge is 0.471 e. The summed E-state index contributed by atoms with van der Waals surface area (Å²) in [5, 5.41) is 0. The first-order valence-electron chi connectivity index (χ1n) is 2.62. The standard InChI is InChI=1S/C6H2O4/c7-5-3-1-9-2-4(3)6(8)10-5/h1-2H. The zero-order valence-electron chi connectivity index (χ0n) is 4.79. The number of hydrogen-bond acceptors (Lipinski definition) is 4. The van der Waals surface area contributed by atoms with Gasteiger partial charge in [-0.15, -0.1) is 0 Å². The summed E-state index contributed by atoms with van der Waals surface area (Å²) in [7, 11) is 0. The van der Waals surface area contributed by atoms with Crippen LogP contribution in [0.5, 0.6) is 0 Å². The smallest absolute Gasteiger partial charge is 0.350 e. The first kappa shape index (κ1) is 5.22. The van der Waals surface area contributed by atoms with Gasteiger partial charge < -0.3 is 9.15 Å². The summed E-state index contributed by atoms with van der Waals surface area (Å²) in [6, 6.07) is 0. The fourth-order valence-electron chi connectivity index (χ4n) is 0.807. The summed E-state index contributed by atoms with van der Waals surface area (Å²) < 4.78 is 8.84. The molecule has 1 aliphatic rings. The molecule has 4 heteroatoms. The van der Waals surface area contributed by atoms with E-state index < -0.39 is 11.9 Å². The van der Waals surface area contributed by atoms with Crippen molar-refractivity contribution >= 4 is 11.9 Å². The molecule has 50 valence electrons. The van der Waals surface area contributed by atoms with Crippen LogP contribution in [0.15, 0.2) is 16.9 Å². The molecule has 0 N–H and O–H groups in total. The Balaban J connectivity index is 2.69. The maximum absolute atomic E-state index is 10.6. The SMILES string of the molecule is O=C1OC(=O)c2cocc21. The van der Waals surface area contributed by atoms with Crippen LogP contribution in [0.1, 0.15) is 20.7 Å². The third-order valence-electron chi connectivity index (χ3n) is 1.29. The molecule has 1 aromatic rings. The van der Waals surface area contributed by atoms with Gasteiger partial charge in [0.05, 0.1) is 0 Å². The Morgan fingerprint density at radius 1 is 1.00 bits per heavy atom. The van der Waals surface area contributed by atoms with Gasteiger partial charge in [-0.2, -0.15) is 0 Å². The molecule has 1 aliphatic heterocycles. The van der Waals surface area contributed by atoms with E-state index in [1.807, 2.05) is 0 Å². The zero-order chi connectivity index (χ0) is 7.14. The number of furan rings is 1. The summed E-state index contributed by atoms with van der Waals surface area (Å²) in [5.41, 5.74) is 0.426. The number of fused-ring (bicyclic) bond motifs is 1. The van der Waals surface area contributed by atoms with Gasteiger partial charge in [-0.25, -0.2) is 9.59 Å². The van der Waals surface area contributed by atoms with Crippen molar-refractivity contribution in [2.75, 3.05) is 0 Å². The molecule has 0 saturated heterocycles. The van der Waals surface area contributed by atoms with Gasteiger partial charge in [0.2, 0.25) is 0 Å². The molecule has 0 saturated carbocycles. The lowest BCUT2D eigenvalue weighted by Crippen LogP contribution is -1.97. The predicted octanol–water partition coefficient (Wildman–Crippen LogP) is 0.590. The molecule has 4 nitrogen and oxygen atoms in total. The summed E-state index contributed by atoms with van der Waals surface area (Å²) >= 11 is 0. The minimum absolute atomic E-state index is 0.213. The lowest BCUT2D eigenvalue weighted by atomic mass is 10.2. The normalized spacial score (nSPS) is 15.2. The number of carbonyl (C=O) groups excluding carboxylic acids is 2. The molecule has 0 unspecified atom stereocenters. The molecule has 2 rings (SSSR count). The van der Waals surface area contributed by atoms with Gasteiger partial charge in [-0.05, 0) is 0 Å². The molecular formula is C6H2O4. The Morgan fingerprint density at radius 2 is 1.50 bits per heavy atom. The Kier molecular flexibility index (Phi) is 0.768. The van der Waals surface area contributed by atoms with Crippen molar-refractivity contribution in [3.8, 4) is 0 Å².